The SMILES string of the molecule is O=C(Nc1cc(O)c(F)c(O)c1O)C1CCCCO1. The van der Waals surface area contributed by atoms with Crippen molar-refractivity contribution >= 4 is 11.6 Å². The topological polar surface area (TPSA) is 99.0 Å². The maximum Gasteiger partial charge on any atom is 0.253 e. The third-order valence-corrected chi connectivity index (χ3v) is 2.92. The molecule has 1 heterocycles. The van der Waals surface area contributed by atoms with Gasteiger partial charge >= 0.3 is 0 Å². The van der Waals surface area contributed by atoms with Crippen LogP contribution < -0.4 is 5.32 Å². The second-order valence-electron chi connectivity index (χ2n) is 4.30. The number of benzene rings is 1. The molecule has 19 heavy (non-hydrogen) atoms. The highest BCUT2D eigenvalue weighted by Crippen LogP contribution is 2.40. The van der Waals surface area contributed by atoms with Gasteiger partial charge in [0.15, 0.2) is 17.2 Å². The summed E-state index contributed by atoms with van der Waals surface area (Å²) in [7, 11) is 0. The van der Waals surface area contributed by atoms with Gasteiger partial charge in [-0.25, -0.2) is 0 Å². The highest BCUT2D eigenvalue weighted by atomic mass is 19.1. The zero-order valence-corrected chi connectivity index (χ0v) is 10.0. The molecule has 1 aliphatic heterocycles. The first-order valence-corrected chi connectivity index (χ1v) is 5.86. The molecule has 2 rings (SSSR count). The molecule has 0 aromatic heterocycles. The molecule has 6 nitrogen and oxygen atoms in total. The number of halogens is 1. The lowest BCUT2D eigenvalue weighted by atomic mass is 10.1. The van der Waals surface area contributed by atoms with Crippen molar-refractivity contribution in [1.29, 1.82) is 0 Å². The Morgan fingerprint density at radius 3 is 2.68 bits per heavy atom. The molecule has 1 saturated heterocycles. The van der Waals surface area contributed by atoms with Gasteiger partial charge in [-0.15, -0.1) is 0 Å². The molecule has 0 bridgehead atoms. The number of ether oxygens (including phenoxy) is 1. The fourth-order valence-electron chi connectivity index (χ4n) is 1.88. The first-order chi connectivity index (χ1) is 9.00. The van der Waals surface area contributed by atoms with E-state index in [0.29, 0.717) is 13.0 Å². The first-order valence-electron chi connectivity index (χ1n) is 5.86. The average molecular weight is 271 g/mol. The van der Waals surface area contributed by atoms with Crippen molar-refractivity contribution in [2.75, 3.05) is 11.9 Å². The Morgan fingerprint density at radius 1 is 1.32 bits per heavy atom. The lowest BCUT2D eigenvalue weighted by molar-refractivity contribution is -0.129. The van der Waals surface area contributed by atoms with E-state index in [9.17, 15) is 24.5 Å². The molecule has 104 valence electrons. The summed E-state index contributed by atoms with van der Waals surface area (Å²) in [5.74, 6) is -4.67. The number of carbonyl (C=O) groups excluding carboxylic acids is 1. The van der Waals surface area contributed by atoms with Crippen LogP contribution in [0.3, 0.4) is 0 Å². The Labute approximate surface area is 108 Å². The first kappa shape index (κ1) is 13.4. The minimum absolute atomic E-state index is 0.268. The highest BCUT2D eigenvalue weighted by molar-refractivity contribution is 5.96. The zero-order valence-electron chi connectivity index (χ0n) is 10.0. The third-order valence-electron chi connectivity index (χ3n) is 2.92. The zero-order chi connectivity index (χ0) is 14.0. The van der Waals surface area contributed by atoms with Gasteiger partial charge in [-0.3, -0.25) is 4.79 Å². The molecular weight excluding hydrogens is 257 g/mol. The maximum atomic E-state index is 13.1. The second-order valence-corrected chi connectivity index (χ2v) is 4.30. The molecule has 0 spiro atoms. The van der Waals surface area contributed by atoms with Crippen LogP contribution in [0.1, 0.15) is 19.3 Å². The Balaban J connectivity index is 2.16. The number of amides is 1. The van der Waals surface area contributed by atoms with Crippen molar-refractivity contribution < 1.29 is 29.2 Å². The van der Waals surface area contributed by atoms with Gasteiger partial charge in [0.25, 0.3) is 5.91 Å². The molecule has 1 unspecified atom stereocenters. The number of nitrogens with one attached hydrogen (secondary N) is 1. The average Bonchev–Trinajstić information content (AvgIpc) is 2.43. The van der Waals surface area contributed by atoms with Gasteiger partial charge in [0.1, 0.15) is 6.10 Å². The fraction of sp³-hybridized carbons (Fsp3) is 0.417. The van der Waals surface area contributed by atoms with E-state index in [1.165, 1.54) is 0 Å². The summed E-state index contributed by atoms with van der Waals surface area (Å²) in [5.41, 5.74) is -0.268. The summed E-state index contributed by atoms with van der Waals surface area (Å²) in [4.78, 5) is 11.8. The van der Waals surface area contributed by atoms with E-state index < -0.39 is 35.1 Å². The Bertz CT molecular complexity index is 499. The van der Waals surface area contributed by atoms with Crippen molar-refractivity contribution in [2.45, 2.75) is 25.4 Å². The van der Waals surface area contributed by atoms with Gasteiger partial charge in [0, 0.05) is 12.7 Å². The normalized spacial score (nSPS) is 19.1. The van der Waals surface area contributed by atoms with Crippen LogP contribution in [0.15, 0.2) is 6.07 Å². The van der Waals surface area contributed by atoms with Crippen LogP contribution in [0, 0.1) is 5.82 Å². The summed E-state index contributed by atoms with van der Waals surface area (Å²) in [6, 6.07) is 0.825. The number of phenolic OH excluding ortho intramolecular Hbond substituents is 3. The Kier molecular flexibility index (Phi) is 3.75. The monoisotopic (exact) mass is 271 g/mol. The number of rotatable bonds is 2. The van der Waals surface area contributed by atoms with Gasteiger partial charge in [0.2, 0.25) is 5.82 Å². The van der Waals surface area contributed by atoms with E-state index >= 15 is 0 Å². The summed E-state index contributed by atoms with van der Waals surface area (Å²) in [6.45, 7) is 0.476. The molecule has 0 saturated carbocycles. The number of hydrogen-bond acceptors (Lipinski definition) is 5. The summed E-state index contributed by atoms with van der Waals surface area (Å²) in [5, 5.41) is 30.2. The second kappa shape index (κ2) is 5.31. The van der Waals surface area contributed by atoms with Crippen LogP contribution in [-0.2, 0) is 9.53 Å². The van der Waals surface area contributed by atoms with Crippen molar-refractivity contribution in [3.05, 3.63) is 11.9 Å². The molecule has 1 aliphatic rings. The molecule has 1 atom stereocenters. The predicted molar refractivity (Wildman–Crippen MR) is 63.6 cm³/mol. The quantitative estimate of drug-likeness (QED) is 0.482. The van der Waals surface area contributed by atoms with E-state index in [1.807, 2.05) is 0 Å². The summed E-state index contributed by atoms with van der Waals surface area (Å²) >= 11 is 0. The minimum Gasteiger partial charge on any atom is -0.505 e. The third kappa shape index (κ3) is 2.70. The van der Waals surface area contributed by atoms with Gasteiger partial charge in [0.05, 0.1) is 5.69 Å². The lowest BCUT2D eigenvalue weighted by Gasteiger charge is -2.22. The van der Waals surface area contributed by atoms with Gasteiger partial charge < -0.3 is 25.4 Å². The number of anilines is 1. The maximum absolute atomic E-state index is 13.1. The van der Waals surface area contributed by atoms with Crippen LogP contribution in [0.4, 0.5) is 10.1 Å². The van der Waals surface area contributed by atoms with Gasteiger partial charge in [-0.1, -0.05) is 0 Å². The molecule has 4 N–H and O–H groups in total. The number of carbonyl (C=O) groups is 1. The molecule has 1 aromatic carbocycles. The van der Waals surface area contributed by atoms with E-state index in [-0.39, 0.29) is 5.69 Å². The van der Waals surface area contributed by atoms with E-state index in [4.69, 9.17) is 4.74 Å². The molecule has 7 heteroatoms. The van der Waals surface area contributed by atoms with Crippen LogP contribution in [0.2, 0.25) is 0 Å². The Morgan fingerprint density at radius 2 is 2.05 bits per heavy atom. The molecule has 0 radical (unpaired) electrons. The van der Waals surface area contributed by atoms with E-state index in [1.54, 1.807) is 0 Å². The van der Waals surface area contributed by atoms with E-state index in [0.717, 1.165) is 18.9 Å². The summed E-state index contributed by atoms with van der Waals surface area (Å²) < 4.78 is 18.3. The number of aromatic hydroxyl groups is 3. The van der Waals surface area contributed by atoms with Crippen molar-refractivity contribution in [3.63, 3.8) is 0 Å². The van der Waals surface area contributed by atoms with Crippen LogP contribution in [0.25, 0.3) is 0 Å². The molecule has 1 amide bonds. The largest absolute Gasteiger partial charge is 0.505 e. The van der Waals surface area contributed by atoms with Crippen molar-refractivity contribution in [3.8, 4) is 17.2 Å². The van der Waals surface area contributed by atoms with Gasteiger partial charge in [-0.05, 0) is 19.3 Å². The highest BCUT2D eigenvalue weighted by Gasteiger charge is 2.24. The Hall–Kier alpha value is -2.02. The smallest absolute Gasteiger partial charge is 0.253 e. The van der Waals surface area contributed by atoms with Gasteiger partial charge in [-0.2, -0.15) is 4.39 Å². The van der Waals surface area contributed by atoms with Crippen LogP contribution in [0.5, 0.6) is 17.2 Å². The van der Waals surface area contributed by atoms with Crippen molar-refractivity contribution in [2.24, 2.45) is 0 Å². The molecule has 0 aliphatic carbocycles. The summed E-state index contributed by atoms with van der Waals surface area (Å²) in [6.07, 6.45) is 1.63. The number of hydrogen-bond donors (Lipinski definition) is 4. The minimum atomic E-state index is -1.34. The fourth-order valence-corrected chi connectivity index (χ4v) is 1.88. The molecule has 1 fully saturated rings. The standard InChI is InChI=1S/C12H14FNO5/c13-9-7(15)5-6(10(16)11(9)17)14-12(18)8-3-1-2-4-19-8/h5,8,15-17H,1-4H2,(H,14,18). The van der Waals surface area contributed by atoms with E-state index in [2.05, 4.69) is 5.32 Å². The molecule has 1 aromatic rings. The van der Waals surface area contributed by atoms with Crippen LogP contribution >= 0.6 is 0 Å². The predicted octanol–water partition coefficient (Wildman–Crippen LogP) is 1.45. The molecular formula is C12H14FNO5. The van der Waals surface area contributed by atoms with Crippen molar-refractivity contribution in [1.82, 2.24) is 0 Å². The van der Waals surface area contributed by atoms with Crippen LogP contribution in [-0.4, -0.2) is 33.9 Å². The lowest BCUT2D eigenvalue weighted by Crippen LogP contribution is -2.33. The number of phenols is 3.